The van der Waals surface area contributed by atoms with Crippen LogP contribution in [0.1, 0.15) is 11.1 Å². The molecule has 1 spiro atoms. The average Bonchev–Trinajstić information content (AvgIpc) is 2.98. The number of hydrogen-bond acceptors (Lipinski definition) is 5. The van der Waals surface area contributed by atoms with E-state index in [4.69, 9.17) is 22.1 Å². The molecule has 1 amide bonds. The van der Waals surface area contributed by atoms with Crippen LogP contribution >= 0.6 is 11.6 Å². The zero-order chi connectivity index (χ0) is 23.5. The van der Waals surface area contributed by atoms with Crippen LogP contribution in [0.15, 0.2) is 65.7 Å². The quantitative estimate of drug-likeness (QED) is 0.565. The molecule has 0 saturated carbocycles. The summed E-state index contributed by atoms with van der Waals surface area (Å²) < 4.78 is 48.6. The Labute approximate surface area is 191 Å². The highest BCUT2D eigenvalue weighted by Crippen LogP contribution is 2.53. The first kappa shape index (κ1) is 21.1. The van der Waals surface area contributed by atoms with E-state index in [1.807, 2.05) is 6.07 Å². The van der Waals surface area contributed by atoms with Gasteiger partial charge in [0.15, 0.2) is 5.96 Å². The normalized spacial score (nSPS) is 19.1. The largest absolute Gasteiger partial charge is 0.573 e. The second kappa shape index (κ2) is 7.14. The standard InChI is InChI=1S/C23H15ClF3N3O3/c1-30-20(31)22(29-21(30)28)16-10-13(12-3-2-4-14(24)9-12)5-7-18(16)32-19-8-6-15(11-17(19)22)33-23(25,26)27/h2-11H,1H3,(H2,28,29). The molecule has 0 fully saturated rings. The number of nitrogens with two attached hydrogens (primary N) is 1. The van der Waals surface area contributed by atoms with E-state index in [9.17, 15) is 18.0 Å². The van der Waals surface area contributed by atoms with Gasteiger partial charge in [0.2, 0.25) is 5.54 Å². The van der Waals surface area contributed by atoms with Gasteiger partial charge < -0.3 is 15.2 Å². The minimum Gasteiger partial charge on any atom is -0.457 e. The van der Waals surface area contributed by atoms with Gasteiger partial charge in [-0.3, -0.25) is 9.69 Å². The average molecular weight is 474 g/mol. The van der Waals surface area contributed by atoms with Crippen LogP contribution in [-0.4, -0.2) is 30.2 Å². The van der Waals surface area contributed by atoms with Gasteiger partial charge in [0, 0.05) is 23.2 Å². The van der Waals surface area contributed by atoms with Crippen LogP contribution in [0.3, 0.4) is 0 Å². The number of carbonyl (C=O) groups is 1. The lowest BCUT2D eigenvalue weighted by Gasteiger charge is -2.34. The minimum atomic E-state index is -4.91. The molecule has 0 saturated heterocycles. The highest BCUT2D eigenvalue weighted by Gasteiger charge is 2.55. The SMILES string of the molecule is CN1C(=O)C2(N=C1N)c1cc(OC(F)(F)F)ccc1Oc1ccc(-c3cccc(Cl)c3)cc12. The van der Waals surface area contributed by atoms with Crippen LogP contribution in [0.5, 0.6) is 17.2 Å². The van der Waals surface area contributed by atoms with Crippen molar-refractivity contribution in [1.82, 2.24) is 4.90 Å². The van der Waals surface area contributed by atoms with Gasteiger partial charge in [0.05, 0.1) is 0 Å². The molecule has 33 heavy (non-hydrogen) atoms. The van der Waals surface area contributed by atoms with Gasteiger partial charge in [-0.05, 0) is 53.6 Å². The van der Waals surface area contributed by atoms with Gasteiger partial charge >= 0.3 is 6.36 Å². The third-order valence-electron chi connectivity index (χ3n) is 5.56. The summed E-state index contributed by atoms with van der Waals surface area (Å²) in [5.41, 5.74) is 6.17. The summed E-state index contributed by atoms with van der Waals surface area (Å²) >= 11 is 6.13. The van der Waals surface area contributed by atoms with E-state index in [0.29, 0.717) is 21.9 Å². The van der Waals surface area contributed by atoms with Crippen LogP contribution in [0.2, 0.25) is 5.02 Å². The zero-order valence-electron chi connectivity index (χ0n) is 17.0. The van der Waals surface area contributed by atoms with Gasteiger partial charge in [0.25, 0.3) is 5.91 Å². The number of hydrogen-bond donors (Lipinski definition) is 1. The van der Waals surface area contributed by atoms with Crippen molar-refractivity contribution in [3.05, 3.63) is 76.8 Å². The van der Waals surface area contributed by atoms with Crippen molar-refractivity contribution in [3.63, 3.8) is 0 Å². The van der Waals surface area contributed by atoms with Crippen LogP contribution in [-0.2, 0) is 10.3 Å². The second-order valence-corrected chi connectivity index (χ2v) is 8.01. The van der Waals surface area contributed by atoms with E-state index in [1.165, 1.54) is 13.1 Å². The van der Waals surface area contributed by atoms with Crippen LogP contribution < -0.4 is 15.2 Å². The number of fused-ring (bicyclic) bond motifs is 4. The number of likely N-dealkylation sites (N-methyl/N-ethyl adjacent to an activating group) is 1. The maximum absolute atomic E-state index is 13.5. The fraction of sp³-hybridized carbons (Fsp3) is 0.130. The summed E-state index contributed by atoms with van der Waals surface area (Å²) in [6.45, 7) is 0. The summed E-state index contributed by atoms with van der Waals surface area (Å²) in [5.74, 6) is -0.604. The topological polar surface area (TPSA) is 77.2 Å². The Morgan fingerprint density at radius 1 is 1.03 bits per heavy atom. The van der Waals surface area contributed by atoms with Crippen molar-refractivity contribution in [2.24, 2.45) is 10.7 Å². The molecule has 0 aliphatic carbocycles. The first-order chi connectivity index (χ1) is 15.6. The van der Waals surface area contributed by atoms with E-state index in [0.717, 1.165) is 22.6 Å². The molecule has 5 rings (SSSR count). The summed E-state index contributed by atoms with van der Waals surface area (Å²) in [6, 6.07) is 15.8. The molecular formula is C23H15ClF3N3O3. The third kappa shape index (κ3) is 3.36. The smallest absolute Gasteiger partial charge is 0.457 e. The first-order valence-electron chi connectivity index (χ1n) is 9.70. The molecule has 0 bridgehead atoms. The summed E-state index contributed by atoms with van der Waals surface area (Å²) in [6.07, 6.45) is -4.91. The van der Waals surface area contributed by atoms with E-state index in [1.54, 1.807) is 36.4 Å². The molecule has 168 valence electrons. The lowest BCUT2D eigenvalue weighted by atomic mass is 9.79. The highest BCUT2D eigenvalue weighted by molar-refractivity contribution is 6.30. The highest BCUT2D eigenvalue weighted by atomic mass is 35.5. The van der Waals surface area contributed by atoms with Crippen molar-refractivity contribution in [2.75, 3.05) is 7.05 Å². The first-order valence-corrected chi connectivity index (χ1v) is 10.1. The lowest BCUT2D eigenvalue weighted by Crippen LogP contribution is -2.42. The number of ether oxygens (including phenoxy) is 2. The van der Waals surface area contributed by atoms with Gasteiger partial charge in [0.1, 0.15) is 17.2 Å². The van der Waals surface area contributed by atoms with Gasteiger partial charge in [-0.25, -0.2) is 4.99 Å². The van der Waals surface area contributed by atoms with Gasteiger partial charge in [-0.2, -0.15) is 0 Å². The van der Waals surface area contributed by atoms with Crippen molar-refractivity contribution in [2.45, 2.75) is 11.9 Å². The number of nitrogens with zero attached hydrogens (tertiary/aromatic N) is 2. The van der Waals surface area contributed by atoms with Crippen molar-refractivity contribution in [3.8, 4) is 28.4 Å². The van der Waals surface area contributed by atoms with Crippen molar-refractivity contribution >= 4 is 23.5 Å². The monoisotopic (exact) mass is 473 g/mol. The predicted molar refractivity (Wildman–Crippen MR) is 115 cm³/mol. The van der Waals surface area contributed by atoms with Crippen LogP contribution in [0.25, 0.3) is 11.1 Å². The van der Waals surface area contributed by atoms with Gasteiger partial charge in [-0.1, -0.05) is 29.8 Å². The summed E-state index contributed by atoms with van der Waals surface area (Å²) in [4.78, 5) is 19.1. The Hall–Kier alpha value is -3.72. The van der Waals surface area contributed by atoms with Crippen molar-refractivity contribution in [1.29, 1.82) is 0 Å². The number of rotatable bonds is 2. The Morgan fingerprint density at radius 3 is 2.33 bits per heavy atom. The number of halogens is 4. The fourth-order valence-electron chi connectivity index (χ4n) is 4.08. The van der Waals surface area contributed by atoms with Crippen LogP contribution in [0.4, 0.5) is 13.2 Å². The molecule has 3 aromatic carbocycles. The van der Waals surface area contributed by atoms with Crippen LogP contribution in [0, 0.1) is 0 Å². The van der Waals surface area contributed by atoms with E-state index >= 15 is 0 Å². The Kier molecular flexibility index (Phi) is 4.58. The predicted octanol–water partition coefficient (Wildman–Crippen LogP) is 5.04. The Bertz CT molecular complexity index is 1340. The molecule has 0 aromatic heterocycles. The van der Waals surface area contributed by atoms with Crippen molar-refractivity contribution < 1.29 is 27.4 Å². The number of alkyl halides is 3. The molecule has 2 N–H and O–H groups in total. The molecule has 2 heterocycles. The molecule has 1 atom stereocenters. The number of carbonyl (C=O) groups excluding carboxylic acids is 1. The molecule has 2 aliphatic rings. The fourth-order valence-corrected chi connectivity index (χ4v) is 4.27. The van der Waals surface area contributed by atoms with Gasteiger partial charge in [-0.15, -0.1) is 13.2 Å². The number of aliphatic imine (C=N–C) groups is 1. The molecule has 2 aliphatic heterocycles. The van der Waals surface area contributed by atoms with E-state index < -0.39 is 23.6 Å². The molecular weight excluding hydrogens is 459 g/mol. The maximum atomic E-state index is 13.5. The number of benzene rings is 3. The lowest BCUT2D eigenvalue weighted by molar-refractivity contribution is -0.274. The Balaban J connectivity index is 1.75. The number of guanidine groups is 1. The number of amides is 1. The van der Waals surface area contributed by atoms with E-state index in [-0.39, 0.29) is 17.3 Å². The molecule has 3 aromatic rings. The van der Waals surface area contributed by atoms with E-state index in [2.05, 4.69) is 9.73 Å². The summed E-state index contributed by atoms with van der Waals surface area (Å²) in [7, 11) is 1.45. The Morgan fingerprint density at radius 2 is 1.70 bits per heavy atom. The summed E-state index contributed by atoms with van der Waals surface area (Å²) in [5, 5.41) is 0.523. The molecule has 0 radical (unpaired) electrons. The molecule has 10 heteroatoms. The molecule has 1 unspecified atom stereocenters. The third-order valence-corrected chi connectivity index (χ3v) is 5.80. The molecule has 6 nitrogen and oxygen atoms in total. The second-order valence-electron chi connectivity index (χ2n) is 7.57. The zero-order valence-corrected chi connectivity index (χ0v) is 17.7. The maximum Gasteiger partial charge on any atom is 0.573 e. The minimum absolute atomic E-state index is 0.0749.